The van der Waals surface area contributed by atoms with Crippen molar-refractivity contribution < 1.29 is 4.39 Å². The highest BCUT2D eigenvalue weighted by atomic mass is 79.9. The second-order valence-corrected chi connectivity index (χ2v) is 3.37. The minimum atomic E-state index is -0.194. The molecule has 0 nitrogen and oxygen atoms in total. The molecule has 0 saturated heterocycles. The summed E-state index contributed by atoms with van der Waals surface area (Å²) in [6.45, 7) is 0. The molecule has 0 unspecified atom stereocenters. The molecule has 0 N–H and O–H groups in total. The van der Waals surface area contributed by atoms with Gasteiger partial charge in [0.25, 0.3) is 0 Å². The third-order valence-corrected chi connectivity index (χ3v) is 2.34. The molecule has 0 radical (unpaired) electrons. The van der Waals surface area contributed by atoms with E-state index in [0.29, 0.717) is 17.9 Å². The molecule has 0 aliphatic carbocycles. The van der Waals surface area contributed by atoms with Crippen LogP contribution in [0, 0.1) is 5.82 Å². The van der Waals surface area contributed by atoms with Crippen molar-refractivity contribution >= 4 is 27.5 Å². The number of alkyl halides is 1. The van der Waals surface area contributed by atoms with Gasteiger partial charge >= 0.3 is 0 Å². The van der Waals surface area contributed by atoms with Gasteiger partial charge in [0.15, 0.2) is 0 Å². The minimum Gasteiger partial charge on any atom is -0.207 e. The van der Waals surface area contributed by atoms with Crippen molar-refractivity contribution in [3.05, 3.63) is 34.1 Å². The van der Waals surface area contributed by atoms with Crippen LogP contribution in [0.4, 0.5) is 4.39 Å². The minimum absolute atomic E-state index is 0.194. The lowest BCUT2D eigenvalue weighted by Crippen LogP contribution is -1.92. The van der Waals surface area contributed by atoms with Crippen molar-refractivity contribution in [2.45, 2.75) is 6.42 Å². The lowest BCUT2D eigenvalue weighted by molar-refractivity contribution is 0.611. The third kappa shape index (κ3) is 2.17. The van der Waals surface area contributed by atoms with Crippen LogP contribution in [-0.2, 0) is 6.42 Å². The quantitative estimate of drug-likeness (QED) is 0.692. The zero-order chi connectivity index (χ0) is 8.27. The number of hydrogen-bond donors (Lipinski definition) is 0. The molecule has 0 aliphatic heterocycles. The summed E-state index contributed by atoms with van der Waals surface area (Å²) in [5, 5.41) is 0. The molecule has 0 aromatic heterocycles. The maximum absolute atomic E-state index is 12.9. The molecular formula is C8H7BrClF. The van der Waals surface area contributed by atoms with E-state index in [1.807, 2.05) is 6.07 Å². The Kier molecular flexibility index (Phi) is 3.34. The SMILES string of the molecule is Fc1cccc(Br)c1CCCl. The molecule has 0 amide bonds. The van der Waals surface area contributed by atoms with Gasteiger partial charge in [-0.05, 0) is 18.6 Å². The van der Waals surface area contributed by atoms with E-state index in [4.69, 9.17) is 11.6 Å². The number of rotatable bonds is 2. The van der Waals surface area contributed by atoms with Crippen molar-refractivity contribution in [1.82, 2.24) is 0 Å². The highest BCUT2D eigenvalue weighted by Crippen LogP contribution is 2.20. The summed E-state index contributed by atoms with van der Waals surface area (Å²) in [7, 11) is 0. The standard InChI is InChI=1S/C8H7BrClF/c9-7-2-1-3-8(11)6(7)4-5-10/h1-3H,4-5H2. The second-order valence-electron chi connectivity index (χ2n) is 2.14. The Bertz CT molecular complexity index is 230. The fourth-order valence-electron chi connectivity index (χ4n) is 0.866. The van der Waals surface area contributed by atoms with E-state index in [1.165, 1.54) is 6.07 Å². The Labute approximate surface area is 78.5 Å². The summed E-state index contributed by atoms with van der Waals surface area (Å²) in [5.74, 6) is 0.250. The lowest BCUT2D eigenvalue weighted by atomic mass is 10.2. The van der Waals surface area contributed by atoms with Crippen molar-refractivity contribution in [3.63, 3.8) is 0 Å². The van der Waals surface area contributed by atoms with Crippen LogP contribution in [0.25, 0.3) is 0 Å². The van der Waals surface area contributed by atoms with Crippen molar-refractivity contribution in [1.29, 1.82) is 0 Å². The smallest absolute Gasteiger partial charge is 0.127 e. The van der Waals surface area contributed by atoms with Gasteiger partial charge in [-0.15, -0.1) is 11.6 Å². The monoisotopic (exact) mass is 236 g/mol. The van der Waals surface area contributed by atoms with Crippen molar-refractivity contribution in [2.75, 3.05) is 5.88 Å². The van der Waals surface area contributed by atoms with Crippen LogP contribution in [0.2, 0.25) is 0 Å². The van der Waals surface area contributed by atoms with E-state index < -0.39 is 0 Å². The van der Waals surface area contributed by atoms with Gasteiger partial charge in [0.2, 0.25) is 0 Å². The topological polar surface area (TPSA) is 0 Å². The van der Waals surface area contributed by atoms with Crippen LogP contribution >= 0.6 is 27.5 Å². The van der Waals surface area contributed by atoms with Crippen LogP contribution in [0.15, 0.2) is 22.7 Å². The molecular weight excluding hydrogens is 230 g/mol. The van der Waals surface area contributed by atoms with Gasteiger partial charge in [0.05, 0.1) is 0 Å². The molecule has 0 atom stereocenters. The zero-order valence-corrected chi connectivity index (χ0v) is 8.12. The fraction of sp³-hybridized carbons (Fsp3) is 0.250. The highest BCUT2D eigenvalue weighted by molar-refractivity contribution is 9.10. The Morgan fingerprint density at radius 2 is 2.18 bits per heavy atom. The van der Waals surface area contributed by atoms with E-state index in [9.17, 15) is 4.39 Å². The van der Waals surface area contributed by atoms with Gasteiger partial charge in [-0.25, -0.2) is 4.39 Å². The van der Waals surface area contributed by atoms with Crippen LogP contribution in [-0.4, -0.2) is 5.88 Å². The van der Waals surface area contributed by atoms with Crippen molar-refractivity contribution in [2.24, 2.45) is 0 Å². The average molecular weight is 237 g/mol. The highest BCUT2D eigenvalue weighted by Gasteiger charge is 2.03. The molecule has 0 saturated carbocycles. The summed E-state index contributed by atoms with van der Waals surface area (Å²) in [6.07, 6.45) is 0.564. The summed E-state index contributed by atoms with van der Waals surface area (Å²) < 4.78 is 13.7. The Hall–Kier alpha value is -0.0800. The molecule has 1 aromatic carbocycles. The first-order chi connectivity index (χ1) is 5.25. The summed E-state index contributed by atoms with van der Waals surface area (Å²) in [6, 6.07) is 4.91. The molecule has 0 spiro atoms. The molecule has 11 heavy (non-hydrogen) atoms. The number of benzene rings is 1. The van der Waals surface area contributed by atoms with E-state index in [1.54, 1.807) is 6.07 Å². The van der Waals surface area contributed by atoms with Crippen LogP contribution in [0.3, 0.4) is 0 Å². The van der Waals surface area contributed by atoms with Gasteiger partial charge in [-0.2, -0.15) is 0 Å². The molecule has 1 aromatic rings. The lowest BCUT2D eigenvalue weighted by Gasteiger charge is -2.01. The summed E-state index contributed by atoms with van der Waals surface area (Å²) in [5.41, 5.74) is 0.655. The Balaban J connectivity index is 3.00. The molecule has 0 aliphatic rings. The van der Waals surface area contributed by atoms with Gasteiger partial charge in [-0.1, -0.05) is 22.0 Å². The molecule has 0 bridgehead atoms. The van der Waals surface area contributed by atoms with Crippen LogP contribution < -0.4 is 0 Å². The van der Waals surface area contributed by atoms with E-state index in [0.717, 1.165) is 4.47 Å². The Morgan fingerprint density at radius 1 is 1.45 bits per heavy atom. The van der Waals surface area contributed by atoms with Gasteiger partial charge in [-0.3, -0.25) is 0 Å². The van der Waals surface area contributed by atoms with Crippen LogP contribution in [0.5, 0.6) is 0 Å². The van der Waals surface area contributed by atoms with E-state index in [2.05, 4.69) is 15.9 Å². The maximum Gasteiger partial charge on any atom is 0.127 e. The number of hydrogen-bond acceptors (Lipinski definition) is 0. The van der Waals surface area contributed by atoms with Gasteiger partial charge < -0.3 is 0 Å². The second kappa shape index (κ2) is 4.07. The van der Waals surface area contributed by atoms with E-state index >= 15 is 0 Å². The average Bonchev–Trinajstić information content (AvgIpc) is 1.97. The summed E-state index contributed by atoms with van der Waals surface area (Å²) in [4.78, 5) is 0. The van der Waals surface area contributed by atoms with E-state index in [-0.39, 0.29) is 5.82 Å². The molecule has 3 heteroatoms. The third-order valence-electron chi connectivity index (χ3n) is 1.41. The first-order valence-corrected chi connectivity index (χ1v) is 4.57. The first kappa shape index (κ1) is 9.01. The molecule has 0 heterocycles. The predicted octanol–water partition coefficient (Wildman–Crippen LogP) is 3.37. The van der Waals surface area contributed by atoms with Gasteiger partial charge in [0, 0.05) is 15.9 Å². The predicted molar refractivity (Wildman–Crippen MR) is 48.5 cm³/mol. The van der Waals surface area contributed by atoms with Gasteiger partial charge in [0.1, 0.15) is 5.82 Å². The Morgan fingerprint density at radius 3 is 2.73 bits per heavy atom. The fourth-order valence-corrected chi connectivity index (χ4v) is 1.59. The summed E-state index contributed by atoms with van der Waals surface area (Å²) >= 11 is 8.74. The van der Waals surface area contributed by atoms with Crippen molar-refractivity contribution in [3.8, 4) is 0 Å². The zero-order valence-electron chi connectivity index (χ0n) is 5.78. The van der Waals surface area contributed by atoms with Crippen LogP contribution in [0.1, 0.15) is 5.56 Å². The number of halogens is 3. The largest absolute Gasteiger partial charge is 0.207 e. The first-order valence-electron chi connectivity index (χ1n) is 3.24. The molecule has 60 valence electrons. The maximum atomic E-state index is 12.9. The normalized spacial score (nSPS) is 10.1. The molecule has 0 fully saturated rings. The molecule has 1 rings (SSSR count).